The van der Waals surface area contributed by atoms with Crippen molar-refractivity contribution in [3.8, 4) is 0 Å². The number of aromatic nitrogens is 2. The molecule has 0 bridgehead atoms. The third kappa shape index (κ3) is 1.85. The molecule has 3 nitrogen and oxygen atoms in total. The van der Waals surface area contributed by atoms with Gasteiger partial charge in [-0.25, -0.2) is 9.97 Å². The second kappa shape index (κ2) is 3.61. The van der Waals surface area contributed by atoms with E-state index in [1.165, 1.54) is 6.20 Å². The Morgan fingerprint density at radius 3 is 2.70 bits per heavy atom. The lowest BCUT2D eigenvalue weighted by Gasteiger charge is -1.89. The van der Waals surface area contributed by atoms with E-state index in [0.29, 0.717) is 6.42 Å². The van der Waals surface area contributed by atoms with Crippen LogP contribution in [-0.4, -0.2) is 9.97 Å². The summed E-state index contributed by atoms with van der Waals surface area (Å²) in [6.07, 6.45) is 7.45. The summed E-state index contributed by atoms with van der Waals surface area (Å²) in [7, 11) is 0. The molecule has 0 saturated carbocycles. The molecule has 0 spiro atoms. The Kier molecular flexibility index (Phi) is 2.43. The minimum absolute atomic E-state index is 0.706. The van der Waals surface area contributed by atoms with E-state index in [2.05, 4.69) is 9.97 Å². The van der Waals surface area contributed by atoms with Crippen LogP contribution < -0.4 is 5.73 Å². The molecule has 1 heterocycles. The standard InChI is InChI=1S/C7H9N3/c8-4-1-3-7-9-5-2-6-10-7/h1-2,4-6H,3,8H2/b4-1+. The molecule has 10 heavy (non-hydrogen) atoms. The zero-order chi connectivity index (χ0) is 7.23. The Bertz CT molecular complexity index is 205. The second-order valence-electron chi connectivity index (χ2n) is 1.80. The Morgan fingerprint density at radius 2 is 2.10 bits per heavy atom. The Balaban J connectivity index is 2.59. The van der Waals surface area contributed by atoms with Crippen molar-refractivity contribution < 1.29 is 0 Å². The molecule has 1 aromatic heterocycles. The number of nitrogens with zero attached hydrogens (tertiary/aromatic N) is 2. The molecule has 3 heteroatoms. The lowest BCUT2D eigenvalue weighted by molar-refractivity contribution is 0.987. The molecule has 0 aliphatic heterocycles. The van der Waals surface area contributed by atoms with Gasteiger partial charge in [-0.3, -0.25) is 0 Å². The zero-order valence-corrected chi connectivity index (χ0v) is 5.57. The fraction of sp³-hybridized carbons (Fsp3) is 0.143. The van der Waals surface area contributed by atoms with Gasteiger partial charge in [0.05, 0.1) is 0 Å². The van der Waals surface area contributed by atoms with Gasteiger partial charge in [-0.15, -0.1) is 0 Å². The first kappa shape index (κ1) is 6.74. The van der Waals surface area contributed by atoms with E-state index >= 15 is 0 Å². The van der Waals surface area contributed by atoms with Crippen molar-refractivity contribution in [1.29, 1.82) is 0 Å². The fourth-order valence-electron chi connectivity index (χ4n) is 0.609. The van der Waals surface area contributed by atoms with Crippen LogP contribution in [0.2, 0.25) is 0 Å². The average molecular weight is 135 g/mol. The van der Waals surface area contributed by atoms with E-state index in [9.17, 15) is 0 Å². The summed E-state index contributed by atoms with van der Waals surface area (Å²) in [5.74, 6) is 0.796. The minimum atomic E-state index is 0.706. The summed E-state index contributed by atoms with van der Waals surface area (Å²) in [6.45, 7) is 0. The van der Waals surface area contributed by atoms with Crippen LogP contribution in [0.1, 0.15) is 5.82 Å². The summed E-state index contributed by atoms with van der Waals surface area (Å²) in [5, 5.41) is 0. The van der Waals surface area contributed by atoms with E-state index in [4.69, 9.17) is 5.73 Å². The highest BCUT2D eigenvalue weighted by Gasteiger charge is 1.86. The van der Waals surface area contributed by atoms with Crippen molar-refractivity contribution in [3.63, 3.8) is 0 Å². The average Bonchev–Trinajstić information content (AvgIpc) is 2.03. The van der Waals surface area contributed by atoms with Crippen molar-refractivity contribution in [2.24, 2.45) is 5.73 Å². The second-order valence-corrected chi connectivity index (χ2v) is 1.80. The Labute approximate surface area is 59.6 Å². The van der Waals surface area contributed by atoms with Crippen molar-refractivity contribution in [3.05, 3.63) is 36.6 Å². The topological polar surface area (TPSA) is 51.8 Å². The predicted molar refractivity (Wildman–Crippen MR) is 39.1 cm³/mol. The van der Waals surface area contributed by atoms with Gasteiger partial charge in [-0.05, 0) is 12.3 Å². The minimum Gasteiger partial charge on any atom is -0.405 e. The van der Waals surface area contributed by atoms with Gasteiger partial charge in [-0.2, -0.15) is 0 Å². The zero-order valence-electron chi connectivity index (χ0n) is 5.57. The highest BCUT2D eigenvalue weighted by atomic mass is 14.8. The number of nitrogens with two attached hydrogens (primary N) is 1. The lowest BCUT2D eigenvalue weighted by atomic mass is 10.4. The molecule has 1 rings (SSSR count). The van der Waals surface area contributed by atoms with E-state index in [-0.39, 0.29) is 0 Å². The van der Waals surface area contributed by atoms with Crippen LogP contribution in [0.25, 0.3) is 0 Å². The molecule has 0 radical (unpaired) electrons. The number of rotatable bonds is 2. The summed E-state index contributed by atoms with van der Waals surface area (Å²) in [4.78, 5) is 8.00. The largest absolute Gasteiger partial charge is 0.405 e. The van der Waals surface area contributed by atoms with Crippen LogP contribution in [-0.2, 0) is 6.42 Å². The highest BCUT2D eigenvalue weighted by molar-refractivity contribution is 4.95. The first-order valence-corrected chi connectivity index (χ1v) is 3.06. The fourth-order valence-corrected chi connectivity index (χ4v) is 0.609. The molecule has 0 atom stereocenters. The van der Waals surface area contributed by atoms with Gasteiger partial charge >= 0.3 is 0 Å². The van der Waals surface area contributed by atoms with Gasteiger partial charge in [0, 0.05) is 18.8 Å². The Hall–Kier alpha value is -1.38. The van der Waals surface area contributed by atoms with E-state index in [1.54, 1.807) is 18.5 Å². The maximum atomic E-state index is 5.14. The van der Waals surface area contributed by atoms with Gasteiger partial charge in [0.25, 0.3) is 0 Å². The molecule has 0 aromatic carbocycles. The summed E-state index contributed by atoms with van der Waals surface area (Å²) in [6, 6.07) is 1.79. The summed E-state index contributed by atoms with van der Waals surface area (Å²) >= 11 is 0. The van der Waals surface area contributed by atoms with Gasteiger partial charge in [0.1, 0.15) is 5.82 Å². The quantitative estimate of drug-likeness (QED) is 0.642. The summed E-state index contributed by atoms with van der Waals surface area (Å²) < 4.78 is 0. The Morgan fingerprint density at radius 1 is 1.40 bits per heavy atom. The first-order chi connectivity index (χ1) is 4.93. The van der Waals surface area contributed by atoms with Crippen LogP contribution >= 0.6 is 0 Å². The molecule has 52 valence electrons. The maximum absolute atomic E-state index is 5.14. The number of hydrogen-bond donors (Lipinski definition) is 1. The van der Waals surface area contributed by atoms with E-state index in [0.717, 1.165) is 5.82 Å². The molecular formula is C7H9N3. The molecule has 0 unspecified atom stereocenters. The van der Waals surface area contributed by atoms with Gasteiger partial charge in [0.15, 0.2) is 0 Å². The van der Waals surface area contributed by atoms with Crippen molar-refractivity contribution in [1.82, 2.24) is 9.97 Å². The van der Waals surface area contributed by atoms with Crippen molar-refractivity contribution >= 4 is 0 Å². The molecule has 0 amide bonds. The number of hydrogen-bond acceptors (Lipinski definition) is 3. The van der Waals surface area contributed by atoms with Crippen molar-refractivity contribution in [2.45, 2.75) is 6.42 Å². The third-order valence-electron chi connectivity index (χ3n) is 1.06. The first-order valence-electron chi connectivity index (χ1n) is 3.06. The molecule has 2 N–H and O–H groups in total. The molecule has 0 fully saturated rings. The lowest BCUT2D eigenvalue weighted by Crippen LogP contribution is -1.90. The van der Waals surface area contributed by atoms with E-state index < -0.39 is 0 Å². The van der Waals surface area contributed by atoms with Crippen LogP contribution in [0.5, 0.6) is 0 Å². The van der Waals surface area contributed by atoms with Gasteiger partial charge in [-0.1, -0.05) is 6.08 Å². The smallest absolute Gasteiger partial charge is 0.132 e. The summed E-state index contributed by atoms with van der Waals surface area (Å²) in [5.41, 5.74) is 5.14. The maximum Gasteiger partial charge on any atom is 0.132 e. The third-order valence-corrected chi connectivity index (χ3v) is 1.06. The normalized spacial score (nSPS) is 10.4. The molecule has 0 saturated heterocycles. The van der Waals surface area contributed by atoms with Crippen LogP contribution in [0.15, 0.2) is 30.7 Å². The van der Waals surface area contributed by atoms with Crippen LogP contribution in [0.3, 0.4) is 0 Å². The molecule has 1 aromatic rings. The van der Waals surface area contributed by atoms with Gasteiger partial charge < -0.3 is 5.73 Å². The molecular weight excluding hydrogens is 126 g/mol. The van der Waals surface area contributed by atoms with Gasteiger partial charge in [0.2, 0.25) is 0 Å². The highest BCUT2D eigenvalue weighted by Crippen LogP contribution is 1.88. The number of allylic oxidation sites excluding steroid dienone is 1. The van der Waals surface area contributed by atoms with Crippen LogP contribution in [0.4, 0.5) is 0 Å². The van der Waals surface area contributed by atoms with E-state index in [1.807, 2.05) is 6.08 Å². The predicted octanol–water partition coefficient (Wildman–Crippen LogP) is 0.492. The monoisotopic (exact) mass is 135 g/mol. The van der Waals surface area contributed by atoms with Crippen LogP contribution in [0, 0.1) is 0 Å². The SMILES string of the molecule is N/C=C/Cc1ncccn1. The molecule has 0 aliphatic carbocycles. The molecule has 0 aliphatic rings. The van der Waals surface area contributed by atoms with Crippen molar-refractivity contribution in [2.75, 3.05) is 0 Å².